The highest BCUT2D eigenvalue weighted by molar-refractivity contribution is 5.73. The molecule has 47 heavy (non-hydrogen) atoms. The number of nitrogens with zero attached hydrogens (tertiary/aromatic N) is 1. The van der Waals surface area contributed by atoms with Crippen LogP contribution < -0.4 is 0 Å². The Balaban J connectivity index is 1.74. The van der Waals surface area contributed by atoms with E-state index in [1.165, 1.54) is 0 Å². The molecule has 0 aliphatic heterocycles. The topological polar surface area (TPSA) is 68.2 Å². The number of carboxylic acid groups (broad SMARTS) is 1. The Hall–Kier alpha value is -0.950. The second kappa shape index (κ2) is 13.3. The van der Waals surface area contributed by atoms with Gasteiger partial charge < -0.3 is 24.2 Å². The number of fused-ring (bicyclic) bond motifs is 5. The van der Waals surface area contributed by atoms with Crippen molar-refractivity contribution in [2.75, 3.05) is 41.0 Å². The summed E-state index contributed by atoms with van der Waals surface area (Å²) < 4.78 is 19.9. The maximum Gasteiger partial charge on any atom is 0.307 e. The minimum Gasteiger partial charge on any atom is -0.481 e. The maximum absolute atomic E-state index is 13.4. The van der Waals surface area contributed by atoms with Crippen molar-refractivity contribution in [1.82, 2.24) is 4.90 Å². The molecular formula is C41H73NO5. The Bertz CT molecular complexity index is 1160. The van der Waals surface area contributed by atoms with E-state index in [0.29, 0.717) is 49.4 Å². The Kier molecular flexibility index (Phi) is 11.0. The van der Waals surface area contributed by atoms with Crippen LogP contribution in [0.2, 0.25) is 0 Å². The zero-order valence-electron chi connectivity index (χ0n) is 33.1. The number of methoxy groups -OCH3 is 1. The van der Waals surface area contributed by atoms with Gasteiger partial charge in [0.15, 0.2) is 0 Å². The van der Waals surface area contributed by atoms with Gasteiger partial charge in [0, 0.05) is 24.7 Å². The standard InChI is InChI=1S/C41H73NO5/c1-16-46-24-38(9)30-17-18-31-28(29(30)23-32(45-15)34(38)47-25-41(12,42(13)14)36(5,6)7)19-20-40(11)33(35(43)44)37(8,27(4)26(2)3)21-22-39(31,40)10/h19,26-27,29-34H,16-18,20-25H2,1-15H3,(H,43,44)/t27-,29?,30-,31+,32-,33-,34+,37-,38?,39-,40+,41-/m1/s1. The summed E-state index contributed by atoms with van der Waals surface area (Å²) in [4.78, 5) is 15.7. The number of carboxylic acids is 1. The third-order valence-corrected chi connectivity index (χ3v) is 16.1. The first-order valence-corrected chi connectivity index (χ1v) is 18.9. The molecule has 6 heteroatoms. The van der Waals surface area contributed by atoms with Gasteiger partial charge in [-0.05, 0) is 118 Å². The summed E-state index contributed by atoms with van der Waals surface area (Å²) in [5.74, 6) is 1.04. The molecule has 0 bridgehead atoms. The molecule has 0 spiro atoms. The normalized spacial score (nSPS) is 42.6. The van der Waals surface area contributed by atoms with E-state index in [-0.39, 0.29) is 50.7 Å². The van der Waals surface area contributed by atoms with Crippen LogP contribution in [0.4, 0.5) is 0 Å². The highest BCUT2D eigenvalue weighted by Gasteiger charge is 2.68. The molecule has 3 saturated carbocycles. The molecule has 6 nitrogen and oxygen atoms in total. The summed E-state index contributed by atoms with van der Waals surface area (Å²) in [5.41, 5.74) is 0.666. The first kappa shape index (κ1) is 38.8. The van der Waals surface area contributed by atoms with Crippen LogP contribution in [-0.2, 0) is 19.0 Å². The summed E-state index contributed by atoms with van der Waals surface area (Å²) in [6.45, 7) is 29.6. The van der Waals surface area contributed by atoms with Gasteiger partial charge in [0.2, 0.25) is 0 Å². The average Bonchev–Trinajstić information content (AvgIpc) is 2.98. The molecule has 4 rings (SSSR count). The van der Waals surface area contributed by atoms with Crippen LogP contribution in [0.15, 0.2) is 11.6 Å². The van der Waals surface area contributed by atoms with Gasteiger partial charge in [-0.15, -0.1) is 0 Å². The maximum atomic E-state index is 13.4. The quantitative estimate of drug-likeness (QED) is 0.223. The van der Waals surface area contributed by atoms with Crippen LogP contribution in [0, 0.1) is 62.6 Å². The fourth-order valence-corrected chi connectivity index (χ4v) is 11.7. The second-order valence-electron chi connectivity index (χ2n) is 19.2. The average molecular weight is 660 g/mol. The third kappa shape index (κ3) is 5.99. The molecule has 0 aromatic carbocycles. The van der Waals surface area contributed by atoms with E-state index in [4.69, 9.17) is 14.2 Å². The smallest absolute Gasteiger partial charge is 0.307 e. The van der Waals surface area contributed by atoms with Crippen molar-refractivity contribution < 1.29 is 24.1 Å². The van der Waals surface area contributed by atoms with Crippen LogP contribution >= 0.6 is 0 Å². The van der Waals surface area contributed by atoms with Crippen molar-refractivity contribution in [1.29, 1.82) is 0 Å². The summed E-state index contributed by atoms with van der Waals surface area (Å²) in [5, 5.41) is 11.0. The van der Waals surface area contributed by atoms with Crippen LogP contribution in [0.1, 0.15) is 122 Å². The summed E-state index contributed by atoms with van der Waals surface area (Å²) in [6.07, 6.45) is 8.48. The minimum absolute atomic E-state index is 0.0243. The zero-order valence-corrected chi connectivity index (χ0v) is 33.1. The molecule has 272 valence electrons. The van der Waals surface area contributed by atoms with Gasteiger partial charge in [0.25, 0.3) is 0 Å². The lowest BCUT2D eigenvalue weighted by molar-refractivity contribution is -0.219. The van der Waals surface area contributed by atoms with Gasteiger partial charge in [-0.3, -0.25) is 4.79 Å². The predicted molar refractivity (Wildman–Crippen MR) is 192 cm³/mol. The van der Waals surface area contributed by atoms with E-state index in [0.717, 1.165) is 38.5 Å². The minimum atomic E-state index is -0.597. The first-order chi connectivity index (χ1) is 21.6. The van der Waals surface area contributed by atoms with Crippen LogP contribution in [0.3, 0.4) is 0 Å². The summed E-state index contributed by atoms with van der Waals surface area (Å²) >= 11 is 0. The van der Waals surface area contributed by atoms with Gasteiger partial charge in [0.05, 0.1) is 31.3 Å². The van der Waals surface area contributed by atoms with E-state index >= 15 is 0 Å². The number of likely N-dealkylation sites (N-methyl/N-ethyl adjacent to an activating group) is 1. The van der Waals surface area contributed by atoms with Gasteiger partial charge in [-0.2, -0.15) is 0 Å². The molecule has 2 unspecified atom stereocenters. The molecule has 0 aromatic heterocycles. The first-order valence-electron chi connectivity index (χ1n) is 18.9. The number of rotatable bonds is 11. The third-order valence-electron chi connectivity index (χ3n) is 16.1. The Morgan fingerprint density at radius 2 is 1.68 bits per heavy atom. The van der Waals surface area contributed by atoms with Crippen molar-refractivity contribution in [3.8, 4) is 0 Å². The monoisotopic (exact) mass is 660 g/mol. The van der Waals surface area contributed by atoms with Crippen molar-refractivity contribution >= 4 is 5.97 Å². The van der Waals surface area contributed by atoms with Crippen molar-refractivity contribution in [3.05, 3.63) is 11.6 Å². The Morgan fingerprint density at radius 3 is 2.19 bits per heavy atom. The molecule has 0 amide bonds. The molecular weight excluding hydrogens is 586 g/mol. The van der Waals surface area contributed by atoms with Crippen molar-refractivity contribution in [3.63, 3.8) is 0 Å². The lowest BCUT2D eigenvalue weighted by atomic mass is 9.36. The molecule has 4 aliphatic carbocycles. The van der Waals surface area contributed by atoms with Gasteiger partial charge in [0.1, 0.15) is 0 Å². The lowest BCUT2D eigenvalue weighted by Crippen LogP contribution is -2.65. The SMILES string of the molecule is CCOCC1(C)[C@@H]2CC[C@H]3C(=CC[C@@]4(C)[C@H](C(=O)O)[C@@](C)([C@H](C)C(C)C)CC[C@]34C)C2C[C@@H](OC)[C@@H]1OC[C@@](C)(N(C)C)C(C)(C)C. The Labute approximate surface area is 289 Å². The zero-order chi connectivity index (χ0) is 35.5. The fraction of sp³-hybridized carbons (Fsp3) is 0.927. The highest BCUT2D eigenvalue weighted by Crippen LogP contribution is 2.72. The van der Waals surface area contributed by atoms with E-state index in [1.54, 1.807) is 5.57 Å². The molecule has 3 fully saturated rings. The van der Waals surface area contributed by atoms with E-state index in [2.05, 4.69) is 108 Å². The molecule has 4 aliphatic rings. The lowest BCUT2D eigenvalue weighted by Gasteiger charge is -2.68. The van der Waals surface area contributed by atoms with Crippen LogP contribution in [0.5, 0.6) is 0 Å². The highest BCUT2D eigenvalue weighted by atomic mass is 16.5. The van der Waals surface area contributed by atoms with Gasteiger partial charge in [-0.1, -0.05) is 80.9 Å². The number of aliphatic carboxylic acids is 1. The molecule has 12 atom stereocenters. The fourth-order valence-electron chi connectivity index (χ4n) is 11.7. The van der Waals surface area contributed by atoms with Crippen molar-refractivity contribution in [2.45, 2.75) is 139 Å². The van der Waals surface area contributed by atoms with Crippen molar-refractivity contribution in [2.24, 2.45) is 62.6 Å². The van der Waals surface area contributed by atoms with Crippen LogP contribution in [-0.4, -0.2) is 74.7 Å². The number of carbonyl (C=O) groups is 1. The van der Waals surface area contributed by atoms with Gasteiger partial charge in [-0.25, -0.2) is 0 Å². The molecule has 1 N–H and O–H groups in total. The summed E-state index contributed by atoms with van der Waals surface area (Å²) in [7, 11) is 6.19. The van der Waals surface area contributed by atoms with E-state index < -0.39 is 5.97 Å². The molecule has 0 aromatic rings. The Morgan fingerprint density at radius 1 is 1.04 bits per heavy atom. The predicted octanol–water partition coefficient (Wildman–Crippen LogP) is 8.98. The number of ether oxygens (including phenoxy) is 3. The van der Waals surface area contributed by atoms with Crippen LogP contribution in [0.25, 0.3) is 0 Å². The van der Waals surface area contributed by atoms with E-state index in [9.17, 15) is 9.90 Å². The number of allylic oxidation sites excluding steroid dienone is 2. The largest absolute Gasteiger partial charge is 0.481 e. The second-order valence-corrected chi connectivity index (χ2v) is 19.2. The van der Waals surface area contributed by atoms with E-state index in [1.807, 2.05) is 7.11 Å². The molecule has 0 saturated heterocycles. The van der Waals surface area contributed by atoms with Gasteiger partial charge >= 0.3 is 5.97 Å². The number of hydrogen-bond donors (Lipinski definition) is 1. The number of hydrogen-bond acceptors (Lipinski definition) is 5. The molecule has 0 radical (unpaired) electrons. The summed E-state index contributed by atoms with van der Waals surface area (Å²) in [6, 6.07) is 0. The molecule has 0 heterocycles.